The van der Waals surface area contributed by atoms with Crippen molar-refractivity contribution in [2.75, 3.05) is 11.1 Å². The molecule has 6 nitrogen and oxygen atoms in total. The Hall–Kier alpha value is -2.89. The summed E-state index contributed by atoms with van der Waals surface area (Å²) in [5.74, 6) is 1.85. The maximum Gasteiger partial charge on any atom is 0.132 e. The molecule has 0 radical (unpaired) electrons. The number of rotatable bonds is 5. The number of nitrogens with one attached hydrogen (secondary N) is 1. The van der Waals surface area contributed by atoms with Gasteiger partial charge in [0.05, 0.1) is 12.7 Å². The van der Waals surface area contributed by atoms with Gasteiger partial charge in [-0.25, -0.2) is 9.97 Å². The van der Waals surface area contributed by atoms with Crippen LogP contribution in [0.2, 0.25) is 0 Å². The average Bonchev–Trinajstić information content (AvgIpc) is 2.93. The zero-order valence-electron chi connectivity index (χ0n) is 12.4. The van der Waals surface area contributed by atoms with Crippen molar-refractivity contribution in [3.63, 3.8) is 0 Å². The number of anilines is 2. The molecule has 6 heteroatoms. The Morgan fingerprint density at radius 3 is 2.73 bits per heavy atom. The molecule has 0 aliphatic rings. The first-order valence-electron chi connectivity index (χ1n) is 7.09. The predicted molar refractivity (Wildman–Crippen MR) is 86.3 cm³/mol. The molecule has 0 spiro atoms. The summed E-state index contributed by atoms with van der Waals surface area (Å²) in [4.78, 5) is 8.34. The Labute approximate surface area is 129 Å². The molecule has 1 aromatic carbocycles. The van der Waals surface area contributed by atoms with Crippen molar-refractivity contribution in [3.8, 4) is 0 Å². The second kappa shape index (κ2) is 6.26. The van der Waals surface area contributed by atoms with Gasteiger partial charge in [0.25, 0.3) is 0 Å². The standard InChI is InChI=1S/C16H18N6/c1-12-20-15(17)7-16(21-12)18-8-14-9-19-22(11-14)10-13-5-3-2-4-6-13/h2-7,9,11H,8,10H2,1H3,(H3,17,18,20,21). The van der Waals surface area contributed by atoms with Crippen LogP contribution in [0, 0.1) is 6.92 Å². The molecule has 3 aromatic rings. The lowest BCUT2D eigenvalue weighted by molar-refractivity contribution is 0.686. The lowest BCUT2D eigenvalue weighted by atomic mass is 10.2. The minimum atomic E-state index is 0.467. The van der Waals surface area contributed by atoms with Crippen LogP contribution in [0.3, 0.4) is 0 Å². The van der Waals surface area contributed by atoms with E-state index < -0.39 is 0 Å². The first-order chi connectivity index (χ1) is 10.7. The molecule has 112 valence electrons. The molecule has 0 fully saturated rings. The molecule has 0 aliphatic heterocycles. The summed E-state index contributed by atoms with van der Waals surface area (Å²) in [5, 5.41) is 7.61. The van der Waals surface area contributed by atoms with Gasteiger partial charge in [0.2, 0.25) is 0 Å². The molecular formula is C16H18N6. The van der Waals surface area contributed by atoms with Gasteiger partial charge < -0.3 is 11.1 Å². The van der Waals surface area contributed by atoms with Crippen molar-refractivity contribution < 1.29 is 0 Å². The number of hydrogen-bond donors (Lipinski definition) is 2. The molecular weight excluding hydrogens is 276 g/mol. The summed E-state index contributed by atoms with van der Waals surface area (Å²) in [6.07, 6.45) is 3.88. The van der Waals surface area contributed by atoms with Gasteiger partial charge in [-0.1, -0.05) is 30.3 Å². The molecule has 3 N–H and O–H groups in total. The zero-order valence-corrected chi connectivity index (χ0v) is 12.4. The molecule has 0 bridgehead atoms. The lowest BCUT2D eigenvalue weighted by Gasteiger charge is -2.05. The molecule has 2 aromatic heterocycles. The number of aryl methyl sites for hydroxylation is 1. The number of benzene rings is 1. The second-order valence-electron chi connectivity index (χ2n) is 5.11. The van der Waals surface area contributed by atoms with E-state index in [2.05, 4.69) is 32.5 Å². The van der Waals surface area contributed by atoms with Crippen LogP contribution in [0.5, 0.6) is 0 Å². The normalized spacial score (nSPS) is 10.6. The van der Waals surface area contributed by atoms with Gasteiger partial charge in [-0.15, -0.1) is 0 Å². The Morgan fingerprint density at radius 2 is 1.95 bits per heavy atom. The topological polar surface area (TPSA) is 81.6 Å². The minimum Gasteiger partial charge on any atom is -0.384 e. The van der Waals surface area contributed by atoms with E-state index in [1.165, 1.54) is 5.56 Å². The Balaban J connectivity index is 1.62. The Bertz CT molecular complexity index is 730. The van der Waals surface area contributed by atoms with Gasteiger partial charge >= 0.3 is 0 Å². The highest BCUT2D eigenvalue weighted by atomic mass is 15.3. The highest BCUT2D eigenvalue weighted by molar-refractivity contribution is 5.44. The van der Waals surface area contributed by atoms with E-state index in [1.54, 1.807) is 6.07 Å². The largest absolute Gasteiger partial charge is 0.384 e. The van der Waals surface area contributed by atoms with Gasteiger partial charge in [0.1, 0.15) is 17.5 Å². The van der Waals surface area contributed by atoms with Crippen LogP contribution in [0.25, 0.3) is 0 Å². The van der Waals surface area contributed by atoms with E-state index in [0.717, 1.165) is 17.9 Å². The molecule has 0 amide bonds. The minimum absolute atomic E-state index is 0.467. The van der Waals surface area contributed by atoms with Crippen LogP contribution in [-0.2, 0) is 13.1 Å². The lowest BCUT2D eigenvalue weighted by Crippen LogP contribution is -2.04. The zero-order chi connectivity index (χ0) is 15.4. The molecule has 22 heavy (non-hydrogen) atoms. The number of nitrogen functional groups attached to an aromatic ring is 1. The van der Waals surface area contributed by atoms with Gasteiger partial charge in [-0.05, 0) is 12.5 Å². The SMILES string of the molecule is Cc1nc(N)cc(NCc2cnn(Cc3ccccc3)c2)n1. The van der Waals surface area contributed by atoms with E-state index in [0.29, 0.717) is 18.2 Å². The van der Waals surface area contributed by atoms with Gasteiger partial charge in [-0.3, -0.25) is 4.68 Å². The highest BCUT2D eigenvalue weighted by Crippen LogP contribution is 2.10. The number of nitrogens with zero attached hydrogens (tertiary/aromatic N) is 4. The number of aromatic nitrogens is 4. The van der Waals surface area contributed by atoms with Crippen LogP contribution >= 0.6 is 0 Å². The van der Waals surface area contributed by atoms with E-state index in [4.69, 9.17) is 5.73 Å². The maximum absolute atomic E-state index is 5.71. The Kier molecular flexibility index (Phi) is 4.00. The quantitative estimate of drug-likeness (QED) is 0.754. The molecule has 0 saturated heterocycles. The highest BCUT2D eigenvalue weighted by Gasteiger charge is 2.02. The summed E-state index contributed by atoms with van der Waals surface area (Å²) in [5.41, 5.74) is 8.03. The van der Waals surface area contributed by atoms with E-state index in [1.807, 2.05) is 42.2 Å². The molecule has 3 rings (SSSR count). The van der Waals surface area contributed by atoms with Crippen molar-refractivity contribution in [3.05, 3.63) is 65.7 Å². The molecule has 0 aliphatic carbocycles. The second-order valence-corrected chi connectivity index (χ2v) is 5.11. The number of nitrogens with two attached hydrogens (primary N) is 1. The van der Waals surface area contributed by atoms with Crippen molar-refractivity contribution in [1.29, 1.82) is 0 Å². The van der Waals surface area contributed by atoms with Crippen molar-refractivity contribution in [2.45, 2.75) is 20.0 Å². The first kappa shape index (κ1) is 14.1. The summed E-state index contributed by atoms with van der Waals surface area (Å²) < 4.78 is 1.92. The summed E-state index contributed by atoms with van der Waals surface area (Å²) in [7, 11) is 0. The van der Waals surface area contributed by atoms with Crippen molar-refractivity contribution in [2.24, 2.45) is 0 Å². The smallest absolute Gasteiger partial charge is 0.132 e. The average molecular weight is 294 g/mol. The third-order valence-electron chi connectivity index (χ3n) is 3.21. The maximum atomic E-state index is 5.71. The third-order valence-corrected chi connectivity index (χ3v) is 3.21. The molecule has 0 unspecified atom stereocenters. The van der Waals surface area contributed by atoms with Crippen LogP contribution in [0.1, 0.15) is 17.0 Å². The summed E-state index contributed by atoms with van der Waals surface area (Å²) in [6.45, 7) is 3.23. The Morgan fingerprint density at radius 1 is 1.14 bits per heavy atom. The monoisotopic (exact) mass is 294 g/mol. The molecule has 2 heterocycles. The number of hydrogen-bond acceptors (Lipinski definition) is 5. The van der Waals surface area contributed by atoms with Crippen molar-refractivity contribution in [1.82, 2.24) is 19.7 Å². The summed E-state index contributed by atoms with van der Waals surface area (Å²) >= 11 is 0. The summed E-state index contributed by atoms with van der Waals surface area (Å²) in [6, 6.07) is 12.0. The van der Waals surface area contributed by atoms with Crippen LogP contribution in [0.4, 0.5) is 11.6 Å². The third kappa shape index (κ3) is 3.60. The van der Waals surface area contributed by atoms with Crippen LogP contribution in [-0.4, -0.2) is 19.7 Å². The fourth-order valence-electron chi connectivity index (χ4n) is 2.23. The van der Waals surface area contributed by atoms with Crippen LogP contribution in [0.15, 0.2) is 48.8 Å². The first-order valence-corrected chi connectivity index (χ1v) is 7.09. The molecule has 0 atom stereocenters. The van der Waals surface area contributed by atoms with Crippen LogP contribution < -0.4 is 11.1 Å². The fourth-order valence-corrected chi connectivity index (χ4v) is 2.23. The van der Waals surface area contributed by atoms with E-state index in [-0.39, 0.29) is 0 Å². The van der Waals surface area contributed by atoms with Gasteiger partial charge in [0, 0.05) is 24.4 Å². The van der Waals surface area contributed by atoms with Crippen molar-refractivity contribution >= 4 is 11.6 Å². The fraction of sp³-hybridized carbons (Fsp3) is 0.188. The van der Waals surface area contributed by atoms with E-state index in [9.17, 15) is 0 Å². The van der Waals surface area contributed by atoms with E-state index >= 15 is 0 Å². The van der Waals surface area contributed by atoms with Gasteiger partial charge in [0.15, 0.2) is 0 Å². The molecule has 0 saturated carbocycles. The predicted octanol–water partition coefficient (Wildman–Crippen LogP) is 2.22. The van der Waals surface area contributed by atoms with Gasteiger partial charge in [-0.2, -0.15) is 5.10 Å².